The molecule has 0 aromatic heterocycles. The summed E-state index contributed by atoms with van der Waals surface area (Å²) >= 11 is 0. The predicted octanol–water partition coefficient (Wildman–Crippen LogP) is 3.14. The van der Waals surface area contributed by atoms with Crippen molar-refractivity contribution in [3.05, 3.63) is 47.0 Å². The summed E-state index contributed by atoms with van der Waals surface area (Å²) < 4.78 is 15.7. The number of benzene rings is 2. The van der Waals surface area contributed by atoms with Crippen molar-refractivity contribution >= 4 is 29.2 Å². The van der Waals surface area contributed by atoms with Crippen molar-refractivity contribution in [3.8, 4) is 11.5 Å². The topological polar surface area (TPSA) is 103 Å². The van der Waals surface area contributed by atoms with Crippen LogP contribution in [0.5, 0.6) is 11.5 Å². The summed E-state index contributed by atoms with van der Waals surface area (Å²) in [4.78, 5) is 35.3. The second-order valence-corrected chi connectivity index (χ2v) is 6.82. The SMILES string of the molecule is COc1ccc(NC(C)=O)cc1NC(=O)COC(=O)COc1c(C)cc(C)cc1C. The van der Waals surface area contributed by atoms with Gasteiger partial charge >= 0.3 is 5.97 Å². The van der Waals surface area contributed by atoms with Crippen LogP contribution in [0.3, 0.4) is 0 Å². The predicted molar refractivity (Wildman–Crippen MR) is 113 cm³/mol. The van der Waals surface area contributed by atoms with Crippen molar-refractivity contribution in [1.82, 2.24) is 0 Å². The number of hydrogen-bond acceptors (Lipinski definition) is 6. The Morgan fingerprint density at radius 1 is 0.933 bits per heavy atom. The van der Waals surface area contributed by atoms with E-state index in [1.165, 1.54) is 14.0 Å². The van der Waals surface area contributed by atoms with Crippen molar-refractivity contribution in [1.29, 1.82) is 0 Å². The monoisotopic (exact) mass is 414 g/mol. The van der Waals surface area contributed by atoms with Gasteiger partial charge in [-0.05, 0) is 50.1 Å². The largest absolute Gasteiger partial charge is 0.495 e. The van der Waals surface area contributed by atoms with Crippen LogP contribution in [-0.4, -0.2) is 38.1 Å². The van der Waals surface area contributed by atoms with Crippen LogP contribution in [0.2, 0.25) is 0 Å². The molecule has 0 aliphatic carbocycles. The molecule has 2 amide bonds. The van der Waals surface area contributed by atoms with Crippen molar-refractivity contribution in [3.63, 3.8) is 0 Å². The fourth-order valence-corrected chi connectivity index (χ4v) is 2.99. The Hall–Kier alpha value is -3.55. The molecule has 0 radical (unpaired) electrons. The summed E-state index contributed by atoms with van der Waals surface area (Å²) in [6.07, 6.45) is 0. The molecule has 8 heteroatoms. The number of carbonyl (C=O) groups excluding carboxylic acids is 3. The summed E-state index contributed by atoms with van der Waals surface area (Å²) in [6, 6.07) is 8.72. The third-order valence-corrected chi connectivity index (χ3v) is 4.10. The van der Waals surface area contributed by atoms with Crippen LogP contribution >= 0.6 is 0 Å². The van der Waals surface area contributed by atoms with Gasteiger partial charge in [-0.3, -0.25) is 9.59 Å². The number of esters is 1. The highest BCUT2D eigenvalue weighted by molar-refractivity contribution is 5.96. The summed E-state index contributed by atoms with van der Waals surface area (Å²) in [5, 5.41) is 5.21. The lowest BCUT2D eigenvalue weighted by Gasteiger charge is -2.14. The second kappa shape index (κ2) is 10.3. The van der Waals surface area contributed by atoms with E-state index in [1.807, 2.05) is 32.9 Å². The maximum Gasteiger partial charge on any atom is 0.344 e. The Kier molecular flexibility index (Phi) is 7.80. The number of hydrogen-bond donors (Lipinski definition) is 2. The number of methoxy groups -OCH3 is 1. The summed E-state index contributed by atoms with van der Waals surface area (Å²) in [5.74, 6) is -0.433. The molecule has 0 saturated heterocycles. The minimum Gasteiger partial charge on any atom is -0.495 e. The van der Waals surface area contributed by atoms with E-state index in [2.05, 4.69) is 10.6 Å². The van der Waals surface area contributed by atoms with E-state index in [-0.39, 0.29) is 12.5 Å². The highest BCUT2D eigenvalue weighted by Gasteiger charge is 2.13. The van der Waals surface area contributed by atoms with Crippen LogP contribution in [0.1, 0.15) is 23.6 Å². The highest BCUT2D eigenvalue weighted by Crippen LogP contribution is 2.28. The van der Waals surface area contributed by atoms with E-state index in [1.54, 1.807) is 18.2 Å². The summed E-state index contributed by atoms with van der Waals surface area (Å²) in [7, 11) is 1.45. The van der Waals surface area contributed by atoms with Gasteiger partial charge in [0.1, 0.15) is 11.5 Å². The van der Waals surface area contributed by atoms with Gasteiger partial charge in [0.15, 0.2) is 13.2 Å². The number of ether oxygens (including phenoxy) is 3. The number of rotatable bonds is 8. The van der Waals surface area contributed by atoms with E-state index in [0.717, 1.165) is 16.7 Å². The van der Waals surface area contributed by atoms with E-state index in [9.17, 15) is 14.4 Å². The van der Waals surface area contributed by atoms with E-state index < -0.39 is 18.5 Å². The molecular weight excluding hydrogens is 388 g/mol. The Labute approximate surface area is 175 Å². The Bertz CT molecular complexity index is 932. The first-order valence-corrected chi connectivity index (χ1v) is 9.31. The molecule has 160 valence electrons. The molecule has 30 heavy (non-hydrogen) atoms. The molecule has 0 saturated carbocycles. The molecule has 0 aliphatic rings. The van der Waals surface area contributed by atoms with Crippen molar-refractivity contribution in [2.45, 2.75) is 27.7 Å². The molecule has 2 aromatic rings. The van der Waals surface area contributed by atoms with Gasteiger partial charge in [-0.15, -0.1) is 0 Å². The number of aryl methyl sites for hydroxylation is 3. The Morgan fingerprint density at radius 3 is 2.20 bits per heavy atom. The average Bonchev–Trinajstić information content (AvgIpc) is 2.65. The van der Waals surface area contributed by atoms with Gasteiger partial charge in [0, 0.05) is 12.6 Å². The smallest absolute Gasteiger partial charge is 0.344 e. The van der Waals surface area contributed by atoms with Gasteiger partial charge in [-0.25, -0.2) is 4.79 Å². The molecule has 0 heterocycles. The zero-order valence-corrected chi connectivity index (χ0v) is 17.8. The first kappa shape index (κ1) is 22.7. The number of anilines is 2. The minimum absolute atomic E-state index is 0.245. The number of nitrogens with one attached hydrogen (secondary N) is 2. The fourth-order valence-electron chi connectivity index (χ4n) is 2.99. The average molecular weight is 414 g/mol. The molecule has 0 atom stereocenters. The number of carbonyl (C=O) groups is 3. The van der Waals surface area contributed by atoms with Crippen LogP contribution in [0.4, 0.5) is 11.4 Å². The lowest BCUT2D eigenvalue weighted by Crippen LogP contribution is -2.24. The van der Waals surface area contributed by atoms with Gasteiger partial charge in [-0.1, -0.05) is 17.7 Å². The van der Waals surface area contributed by atoms with E-state index >= 15 is 0 Å². The van der Waals surface area contributed by atoms with Crippen molar-refractivity contribution < 1.29 is 28.6 Å². The van der Waals surface area contributed by atoms with Crippen LogP contribution in [0, 0.1) is 20.8 Å². The standard InChI is InChI=1S/C22H26N2O6/c1-13-8-14(2)22(15(3)9-13)30-12-21(27)29-11-20(26)24-18-10-17(23-16(4)25)6-7-19(18)28-5/h6-10H,11-12H2,1-5H3,(H,23,25)(H,24,26). The quantitative estimate of drug-likeness (QED) is 0.644. The van der Waals surface area contributed by atoms with Crippen molar-refractivity contribution in [2.75, 3.05) is 31.0 Å². The molecule has 0 fully saturated rings. The third kappa shape index (κ3) is 6.51. The maximum absolute atomic E-state index is 12.2. The van der Waals surface area contributed by atoms with Gasteiger partial charge in [0.05, 0.1) is 12.8 Å². The zero-order chi connectivity index (χ0) is 22.3. The zero-order valence-electron chi connectivity index (χ0n) is 17.8. The molecule has 8 nitrogen and oxygen atoms in total. The van der Waals surface area contributed by atoms with Gasteiger partial charge in [0.2, 0.25) is 5.91 Å². The molecule has 2 aromatic carbocycles. The first-order valence-electron chi connectivity index (χ1n) is 9.31. The normalized spacial score (nSPS) is 10.2. The minimum atomic E-state index is -0.663. The molecule has 0 spiro atoms. The fraction of sp³-hybridized carbons (Fsp3) is 0.318. The maximum atomic E-state index is 12.2. The second-order valence-electron chi connectivity index (χ2n) is 6.82. The van der Waals surface area contributed by atoms with Gasteiger partial charge in [0.25, 0.3) is 5.91 Å². The summed E-state index contributed by atoms with van der Waals surface area (Å²) in [6.45, 7) is 6.37. The van der Waals surface area contributed by atoms with E-state index in [0.29, 0.717) is 22.9 Å². The molecule has 2 N–H and O–H groups in total. The van der Waals surface area contributed by atoms with Crippen molar-refractivity contribution in [2.24, 2.45) is 0 Å². The lowest BCUT2D eigenvalue weighted by molar-refractivity contribution is -0.149. The molecular formula is C22H26N2O6. The first-order chi connectivity index (χ1) is 14.2. The Balaban J connectivity index is 1.90. The summed E-state index contributed by atoms with van der Waals surface area (Å²) in [5.41, 5.74) is 3.78. The lowest BCUT2D eigenvalue weighted by atomic mass is 10.1. The molecule has 0 unspecified atom stereocenters. The van der Waals surface area contributed by atoms with Crippen LogP contribution in [0.25, 0.3) is 0 Å². The third-order valence-electron chi connectivity index (χ3n) is 4.10. The molecule has 2 rings (SSSR count). The van der Waals surface area contributed by atoms with Crippen LogP contribution in [-0.2, 0) is 19.1 Å². The molecule has 0 bridgehead atoms. The highest BCUT2D eigenvalue weighted by atomic mass is 16.6. The van der Waals surface area contributed by atoms with Gasteiger partial charge in [-0.2, -0.15) is 0 Å². The van der Waals surface area contributed by atoms with Crippen LogP contribution < -0.4 is 20.1 Å². The number of amides is 2. The molecule has 0 aliphatic heterocycles. The van der Waals surface area contributed by atoms with Gasteiger partial charge < -0.3 is 24.8 Å². The van der Waals surface area contributed by atoms with E-state index in [4.69, 9.17) is 14.2 Å². The van der Waals surface area contributed by atoms with Crippen LogP contribution in [0.15, 0.2) is 30.3 Å². The Morgan fingerprint density at radius 2 is 1.60 bits per heavy atom.